The molecule has 0 aromatic heterocycles. The van der Waals surface area contributed by atoms with Gasteiger partial charge in [0, 0.05) is 5.41 Å². The molecule has 0 aliphatic heterocycles. The van der Waals surface area contributed by atoms with E-state index < -0.39 is 0 Å². The summed E-state index contributed by atoms with van der Waals surface area (Å²) in [5, 5.41) is 10.4. The highest BCUT2D eigenvalue weighted by Crippen LogP contribution is 2.81. The van der Waals surface area contributed by atoms with Crippen LogP contribution in [0.15, 0.2) is 0 Å². The monoisotopic (exact) mass is 180 g/mol. The third-order valence-electron chi connectivity index (χ3n) is 5.41. The molecular formula is C12H20O. The van der Waals surface area contributed by atoms with Crippen LogP contribution < -0.4 is 0 Å². The summed E-state index contributed by atoms with van der Waals surface area (Å²) in [6.07, 6.45) is 10.6. The molecule has 3 aliphatic carbocycles. The molecule has 0 radical (unpaired) electrons. The fourth-order valence-corrected chi connectivity index (χ4v) is 4.49. The highest BCUT2D eigenvalue weighted by Gasteiger charge is 2.76. The van der Waals surface area contributed by atoms with Crippen molar-refractivity contribution in [3.63, 3.8) is 0 Å². The van der Waals surface area contributed by atoms with E-state index in [1.54, 1.807) is 0 Å². The molecule has 3 atom stereocenters. The summed E-state index contributed by atoms with van der Waals surface area (Å²) < 4.78 is 0. The third kappa shape index (κ3) is 0.782. The van der Waals surface area contributed by atoms with E-state index in [0.717, 1.165) is 6.42 Å². The van der Waals surface area contributed by atoms with Crippen molar-refractivity contribution in [2.45, 2.75) is 63.9 Å². The first-order chi connectivity index (χ1) is 6.12. The molecule has 0 saturated heterocycles. The Morgan fingerprint density at radius 1 is 0.923 bits per heavy atom. The van der Waals surface area contributed by atoms with Crippen LogP contribution in [0.3, 0.4) is 0 Å². The lowest BCUT2D eigenvalue weighted by atomic mass is 9.82. The van der Waals surface area contributed by atoms with Gasteiger partial charge >= 0.3 is 0 Å². The second-order valence-electron chi connectivity index (χ2n) is 5.87. The van der Waals surface area contributed by atoms with Crippen molar-refractivity contribution in [3.05, 3.63) is 0 Å². The van der Waals surface area contributed by atoms with Crippen molar-refractivity contribution >= 4 is 0 Å². The summed E-state index contributed by atoms with van der Waals surface area (Å²) in [7, 11) is 0. The minimum atomic E-state index is -0.322. The Hall–Kier alpha value is -0.0400. The van der Waals surface area contributed by atoms with Gasteiger partial charge in [0.25, 0.3) is 0 Å². The minimum absolute atomic E-state index is 0.322. The summed E-state index contributed by atoms with van der Waals surface area (Å²) in [6.45, 7) is 2.09. The Bertz CT molecular complexity index is 242. The highest BCUT2D eigenvalue weighted by molar-refractivity contribution is 5.26. The predicted octanol–water partition coefficient (Wildman–Crippen LogP) is 2.87. The van der Waals surface area contributed by atoms with Crippen molar-refractivity contribution in [3.8, 4) is 0 Å². The van der Waals surface area contributed by atoms with Crippen LogP contribution in [0.2, 0.25) is 0 Å². The molecule has 0 heterocycles. The van der Waals surface area contributed by atoms with Gasteiger partial charge in [-0.25, -0.2) is 0 Å². The maximum Gasteiger partial charge on any atom is 0.0681 e. The molecule has 1 nitrogen and oxygen atoms in total. The molecule has 0 aromatic carbocycles. The number of aliphatic hydroxyl groups is 1. The fraction of sp³-hybridized carbons (Fsp3) is 1.00. The Morgan fingerprint density at radius 2 is 1.69 bits per heavy atom. The zero-order valence-corrected chi connectivity index (χ0v) is 8.60. The fourth-order valence-electron chi connectivity index (χ4n) is 4.49. The standard InChI is InChI=1S/C12H20O/c1-10(13)7-8-11-5-3-2-4-6-12(10,11)9-11/h13H,2-9H2,1H3/t10-,11-,12-/m1/s1. The van der Waals surface area contributed by atoms with Crippen LogP contribution in [0, 0.1) is 10.8 Å². The summed E-state index contributed by atoms with van der Waals surface area (Å²) in [5.41, 5.74) is 0.654. The molecule has 3 rings (SSSR count). The quantitative estimate of drug-likeness (QED) is 0.607. The first kappa shape index (κ1) is 8.28. The zero-order chi connectivity index (χ0) is 9.16. The van der Waals surface area contributed by atoms with Crippen LogP contribution in [0.1, 0.15) is 58.3 Å². The summed E-state index contributed by atoms with van der Waals surface area (Å²) in [6, 6.07) is 0. The maximum atomic E-state index is 10.4. The lowest BCUT2D eigenvalue weighted by Crippen LogP contribution is -2.34. The van der Waals surface area contributed by atoms with E-state index in [1.165, 1.54) is 44.9 Å². The third-order valence-corrected chi connectivity index (χ3v) is 5.41. The molecule has 0 bridgehead atoms. The van der Waals surface area contributed by atoms with Gasteiger partial charge < -0.3 is 5.11 Å². The largest absolute Gasteiger partial charge is 0.390 e. The van der Waals surface area contributed by atoms with Crippen molar-refractivity contribution in [2.75, 3.05) is 0 Å². The van der Waals surface area contributed by atoms with Crippen molar-refractivity contribution in [1.29, 1.82) is 0 Å². The minimum Gasteiger partial charge on any atom is -0.390 e. The van der Waals surface area contributed by atoms with Crippen LogP contribution in [-0.4, -0.2) is 10.7 Å². The van der Waals surface area contributed by atoms with Gasteiger partial charge in [-0.1, -0.05) is 19.3 Å². The number of hydrogen-bond acceptors (Lipinski definition) is 1. The summed E-state index contributed by atoms with van der Waals surface area (Å²) >= 11 is 0. The van der Waals surface area contributed by atoms with E-state index in [4.69, 9.17) is 0 Å². The molecule has 1 N–H and O–H groups in total. The molecule has 0 aromatic rings. The lowest BCUT2D eigenvalue weighted by molar-refractivity contribution is -0.0128. The van der Waals surface area contributed by atoms with Crippen molar-refractivity contribution in [2.24, 2.45) is 10.8 Å². The van der Waals surface area contributed by atoms with Gasteiger partial charge in [0.1, 0.15) is 0 Å². The molecule has 3 fully saturated rings. The average molecular weight is 180 g/mol. The van der Waals surface area contributed by atoms with Gasteiger partial charge in [0.05, 0.1) is 5.60 Å². The molecular weight excluding hydrogens is 160 g/mol. The van der Waals surface area contributed by atoms with Crippen LogP contribution >= 0.6 is 0 Å². The zero-order valence-electron chi connectivity index (χ0n) is 8.60. The Labute approximate surface area is 80.5 Å². The van der Waals surface area contributed by atoms with E-state index in [9.17, 15) is 5.11 Å². The van der Waals surface area contributed by atoms with E-state index in [0.29, 0.717) is 10.8 Å². The Balaban J connectivity index is 1.97. The molecule has 3 saturated carbocycles. The van der Waals surface area contributed by atoms with Crippen LogP contribution in [0.5, 0.6) is 0 Å². The molecule has 13 heavy (non-hydrogen) atoms. The van der Waals surface area contributed by atoms with Gasteiger partial charge in [0.15, 0.2) is 0 Å². The van der Waals surface area contributed by atoms with E-state index in [1.807, 2.05) is 0 Å². The Morgan fingerprint density at radius 3 is 2.54 bits per heavy atom. The first-order valence-corrected chi connectivity index (χ1v) is 5.84. The molecule has 0 unspecified atom stereocenters. The topological polar surface area (TPSA) is 20.2 Å². The van der Waals surface area contributed by atoms with Gasteiger partial charge in [-0.15, -0.1) is 0 Å². The van der Waals surface area contributed by atoms with E-state index in [-0.39, 0.29) is 5.60 Å². The van der Waals surface area contributed by atoms with Gasteiger partial charge in [0.2, 0.25) is 0 Å². The highest BCUT2D eigenvalue weighted by atomic mass is 16.3. The summed E-state index contributed by atoms with van der Waals surface area (Å²) in [5.74, 6) is 0. The van der Waals surface area contributed by atoms with Crippen LogP contribution in [0.25, 0.3) is 0 Å². The molecule has 74 valence electrons. The van der Waals surface area contributed by atoms with Gasteiger partial charge in [-0.3, -0.25) is 0 Å². The normalized spacial score (nSPS) is 59.5. The second-order valence-corrected chi connectivity index (χ2v) is 5.87. The smallest absolute Gasteiger partial charge is 0.0681 e. The lowest BCUT2D eigenvalue weighted by Gasteiger charge is -2.30. The molecule has 1 heteroatoms. The average Bonchev–Trinajstić information content (AvgIpc) is 2.66. The van der Waals surface area contributed by atoms with Gasteiger partial charge in [-0.05, 0) is 44.4 Å². The van der Waals surface area contributed by atoms with Crippen molar-refractivity contribution < 1.29 is 5.11 Å². The van der Waals surface area contributed by atoms with Crippen LogP contribution in [-0.2, 0) is 0 Å². The SMILES string of the molecule is C[C@@]1(O)CC[C@@]23CCCCC[C@]21C3. The predicted molar refractivity (Wildman–Crippen MR) is 52.4 cm³/mol. The van der Waals surface area contributed by atoms with Crippen LogP contribution in [0.4, 0.5) is 0 Å². The molecule has 3 aliphatic rings. The van der Waals surface area contributed by atoms with Gasteiger partial charge in [-0.2, -0.15) is 0 Å². The number of hydrogen-bond donors (Lipinski definition) is 1. The van der Waals surface area contributed by atoms with Crippen molar-refractivity contribution in [1.82, 2.24) is 0 Å². The number of rotatable bonds is 0. The Kier molecular flexibility index (Phi) is 1.36. The molecule has 0 amide bonds. The molecule has 0 spiro atoms. The maximum absolute atomic E-state index is 10.4. The first-order valence-electron chi connectivity index (χ1n) is 5.84. The van der Waals surface area contributed by atoms with E-state index >= 15 is 0 Å². The van der Waals surface area contributed by atoms with E-state index in [2.05, 4.69) is 6.92 Å². The second kappa shape index (κ2) is 2.13. The summed E-state index contributed by atoms with van der Waals surface area (Å²) in [4.78, 5) is 0.